The Kier molecular flexibility index (Phi) is 3.81. The Hall–Kier alpha value is -1.18. The highest BCUT2D eigenvalue weighted by molar-refractivity contribution is 5.45. The molecule has 1 atom stereocenters. The first kappa shape index (κ1) is 10.9. The molecule has 0 radical (unpaired) electrons. The number of phenolic OH excluding ortho intramolecular Hbond substituents is 2. The summed E-state index contributed by atoms with van der Waals surface area (Å²) in [5.41, 5.74) is 0.846. The number of para-hydroxylation sites is 1. The van der Waals surface area contributed by atoms with Crippen molar-refractivity contribution in [2.24, 2.45) is 0 Å². The number of aromatic hydroxyl groups is 2. The summed E-state index contributed by atoms with van der Waals surface area (Å²) in [5, 5.41) is 18.9. The molecule has 1 rings (SSSR count). The fourth-order valence-electron chi connectivity index (χ4n) is 1.61. The molecule has 1 aromatic carbocycles. The molecule has 14 heavy (non-hydrogen) atoms. The lowest BCUT2D eigenvalue weighted by Gasteiger charge is -2.13. The molecule has 78 valence electrons. The summed E-state index contributed by atoms with van der Waals surface area (Å²) >= 11 is 0. The summed E-state index contributed by atoms with van der Waals surface area (Å²) < 4.78 is 0. The Bertz CT molecular complexity index is 294. The van der Waals surface area contributed by atoms with E-state index in [0.29, 0.717) is 5.92 Å². The molecule has 0 saturated heterocycles. The summed E-state index contributed by atoms with van der Waals surface area (Å²) in [7, 11) is 0. The van der Waals surface area contributed by atoms with Crippen molar-refractivity contribution in [3.05, 3.63) is 23.8 Å². The highest BCUT2D eigenvalue weighted by Crippen LogP contribution is 2.35. The monoisotopic (exact) mass is 194 g/mol. The Labute approximate surface area is 85.2 Å². The van der Waals surface area contributed by atoms with Gasteiger partial charge in [0.25, 0.3) is 0 Å². The first-order valence-electron chi connectivity index (χ1n) is 5.17. The summed E-state index contributed by atoms with van der Waals surface area (Å²) in [6.45, 7) is 4.22. The molecule has 0 amide bonds. The van der Waals surface area contributed by atoms with E-state index in [9.17, 15) is 10.2 Å². The van der Waals surface area contributed by atoms with Crippen LogP contribution in [0, 0.1) is 0 Å². The van der Waals surface area contributed by atoms with Crippen molar-refractivity contribution in [1.29, 1.82) is 0 Å². The van der Waals surface area contributed by atoms with Gasteiger partial charge in [-0.25, -0.2) is 0 Å². The van der Waals surface area contributed by atoms with Crippen LogP contribution in [0.1, 0.15) is 44.6 Å². The number of hydrogen-bond donors (Lipinski definition) is 2. The van der Waals surface area contributed by atoms with E-state index in [-0.39, 0.29) is 11.5 Å². The van der Waals surface area contributed by atoms with Gasteiger partial charge in [0.1, 0.15) is 0 Å². The van der Waals surface area contributed by atoms with E-state index in [1.807, 2.05) is 6.07 Å². The SMILES string of the molecule is CCCCC(C)c1cccc(O)c1O. The Morgan fingerprint density at radius 2 is 2.00 bits per heavy atom. The second-order valence-electron chi connectivity index (χ2n) is 3.76. The van der Waals surface area contributed by atoms with E-state index in [2.05, 4.69) is 13.8 Å². The van der Waals surface area contributed by atoms with Crippen LogP contribution >= 0.6 is 0 Å². The molecular formula is C12H18O2. The molecule has 0 spiro atoms. The van der Waals surface area contributed by atoms with Crippen LogP contribution < -0.4 is 0 Å². The molecule has 2 N–H and O–H groups in total. The van der Waals surface area contributed by atoms with Gasteiger partial charge in [-0.15, -0.1) is 0 Å². The number of phenols is 2. The maximum absolute atomic E-state index is 9.62. The third-order valence-electron chi connectivity index (χ3n) is 2.57. The third kappa shape index (κ3) is 2.41. The van der Waals surface area contributed by atoms with Gasteiger partial charge in [-0.3, -0.25) is 0 Å². The zero-order valence-electron chi connectivity index (χ0n) is 8.83. The van der Waals surface area contributed by atoms with E-state index in [0.717, 1.165) is 24.8 Å². The standard InChI is InChI=1S/C12H18O2/c1-3-4-6-9(2)10-7-5-8-11(13)12(10)14/h5,7-9,13-14H,3-4,6H2,1-2H3. The fourth-order valence-corrected chi connectivity index (χ4v) is 1.61. The Balaban J connectivity index is 2.79. The largest absolute Gasteiger partial charge is 0.504 e. The van der Waals surface area contributed by atoms with E-state index < -0.39 is 0 Å². The minimum absolute atomic E-state index is 0.0224. The molecule has 0 bridgehead atoms. The topological polar surface area (TPSA) is 40.5 Å². The zero-order chi connectivity index (χ0) is 10.6. The van der Waals surface area contributed by atoms with Gasteiger partial charge in [0.15, 0.2) is 11.5 Å². The van der Waals surface area contributed by atoms with Crippen LogP contribution in [-0.2, 0) is 0 Å². The van der Waals surface area contributed by atoms with Crippen molar-refractivity contribution >= 4 is 0 Å². The van der Waals surface area contributed by atoms with Crippen molar-refractivity contribution in [2.75, 3.05) is 0 Å². The van der Waals surface area contributed by atoms with Gasteiger partial charge >= 0.3 is 0 Å². The molecule has 1 unspecified atom stereocenters. The van der Waals surface area contributed by atoms with Gasteiger partial charge in [-0.1, -0.05) is 38.8 Å². The molecule has 1 aromatic rings. The van der Waals surface area contributed by atoms with Crippen molar-refractivity contribution in [3.63, 3.8) is 0 Å². The smallest absolute Gasteiger partial charge is 0.160 e. The van der Waals surface area contributed by atoms with E-state index in [1.54, 1.807) is 6.07 Å². The summed E-state index contributed by atoms with van der Waals surface area (Å²) in [6, 6.07) is 5.15. The second-order valence-corrected chi connectivity index (χ2v) is 3.76. The quantitative estimate of drug-likeness (QED) is 0.721. The van der Waals surface area contributed by atoms with Crippen LogP contribution in [-0.4, -0.2) is 10.2 Å². The highest BCUT2D eigenvalue weighted by atomic mass is 16.3. The van der Waals surface area contributed by atoms with Crippen molar-refractivity contribution in [2.45, 2.75) is 39.0 Å². The molecule has 0 saturated carbocycles. The molecule has 0 aliphatic carbocycles. The minimum Gasteiger partial charge on any atom is -0.504 e. The molecule has 0 aliphatic heterocycles. The maximum atomic E-state index is 9.62. The van der Waals surface area contributed by atoms with Gasteiger partial charge in [0.05, 0.1) is 0 Å². The lowest BCUT2D eigenvalue weighted by atomic mass is 9.94. The van der Waals surface area contributed by atoms with Crippen LogP contribution in [0.2, 0.25) is 0 Å². The van der Waals surface area contributed by atoms with E-state index in [1.165, 1.54) is 6.07 Å². The molecule has 2 nitrogen and oxygen atoms in total. The molecule has 0 aromatic heterocycles. The molecular weight excluding hydrogens is 176 g/mol. The number of unbranched alkanes of at least 4 members (excludes halogenated alkanes) is 1. The average Bonchev–Trinajstić information content (AvgIpc) is 2.18. The number of benzene rings is 1. The normalized spacial score (nSPS) is 12.7. The molecule has 2 heteroatoms. The summed E-state index contributed by atoms with van der Waals surface area (Å²) in [6.07, 6.45) is 3.35. The average molecular weight is 194 g/mol. The first-order chi connectivity index (χ1) is 6.66. The predicted octanol–water partition coefficient (Wildman–Crippen LogP) is 3.39. The van der Waals surface area contributed by atoms with Crippen molar-refractivity contribution in [1.82, 2.24) is 0 Å². The highest BCUT2D eigenvalue weighted by Gasteiger charge is 2.12. The summed E-state index contributed by atoms with van der Waals surface area (Å²) in [4.78, 5) is 0. The fraction of sp³-hybridized carbons (Fsp3) is 0.500. The first-order valence-corrected chi connectivity index (χ1v) is 5.17. The van der Waals surface area contributed by atoms with Gasteiger partial charge in [0.2, 0.25) is 0 Å². The number of rotatable bonds is 4. The Morgan fingerprint density at radius 1 is 1.29 bits per heavy atom. The zero-order valence-corrected chi connectivity index (χ0v) is 8.83. The maximum Gasteiger partial charge on any atom is 0.160 e. The molecule has 0 fully saturated rings. The van der Waals surface area contributed by atoms with Crippen LogP contribution in [0.4, 0.5) is 0 Å². The van der Waals surface area contributed by atoms with E-state index >= 15 is 0 Å². The van der Waals surface area contributed by atoms with Gasteiger partial charge in [0, 0.05) is 5.56 Å². The van der Waals surface area contributed by atoms with Crippen LogP contribution in [0.5, 0.6) is 11.5 Å². The number of hydrogen-bond acceptors (Lipinski definition) is 2. The van der Waals surface area contributed by atoms with E-state index in [4.69, 9.17) is 0 Å². The molecule has 0 heterocycles. The minimum atomic E-state index is -0.0224. The summed E-state index contributed by atoms with van der Waals surface area (Å²) in [5.74, 6) is 0.323. The van der Waals surface area contributed by atoms with Crippen LogP contribution in [0.3, 0.4) is 0 Å². The van der Waals surface area contributed by atoms with Crippen LogP contribution in [0.25, 0.3) is 0 Å². The lowest BCUT2D eigenvalue weighted by molar-refractivity contribution is 0.395. The van der Waals surface area contributed by atoms with Gasteiger partial charge in [-0.2, -0.15) is 0 Å². The third-order valence-corrected chi connectivity index (χ3v) is 2.57. The second kappa shape index (κ2) is 4.89. The molecule has 0 aliphatic rings. The van der Waals surface area contributed by atoms with Gasteiger partial charge in [-0.05, 0) is 18.4 Å². The van der Waals surface area contributed by atoms with Crippen LogP contribution in [0.15, 0.2) is 18.2 Å². The van der Waals surface area contributed by atoms with Crippen molar-refractivity contribution in [3.8, 4) is 11.5 Å². The van der Waals surface area contributed by atoms with Crippen molar-refractivity contribution < 1.29 is 10.2 Å². The van der Waals surface area contributed by atoms with Gasteiger partial charge < -0.3 is 10.2 Å². The Morgan fingerprint density at radius 3 is 2.64 bits per heavy atom. The lowest BCUT2D eigenvalue weighted by Crippen LogP contribution is -1.93. The predicted molar refractivity (Wildman–Crippen MR) is 57.7 cm³/mol.